The third kappa shape index (κ3) is 4.37. The molecule has 0 saturated heterocycles. The van der Waals surface area contributed by atoms with Gasteiger partial charge in [0.25, 0.3) is 5.69 Å². The average molecular weight is 323 g/mol. The highest BCUT2D eigenvalue weighted by Crippen LogP contribution is 2.30. The van der Waals surface area contributed by atoms with E-state index < -0.39 is 4.92 Å². The Balaban J connectivity index is 0.000000861. The second-order valence-corrected chi connectivity index (χ2v) is 4.33. The Hall–Kier alpha value is -1.88. The molecule has 2 rings (SSSR count). The summed E-state index contributed by atoms with van der Waals surface area (Å²) in [5, 5.41) is 13.9. The Labute approximate surface area is 120 Å². The molecule has 0 unspecified atom stereocenters. The van der Waals surface area contributed by atoms with E-state index in [9.17, 15) is 10.1 Å². The molecule has 2 aromatic carbocycles. The van der Waals surface area contributed by atoms with Gasteiger partial charge in [0.2, 0.25) is 0 Å². The third-order valence-corrected chi connectivity index (χ3v) is 2.70. The molecule has 0 aliphatic heterocycles. The van der Waals surface area contributed by atoms with Crippen LogP contribution in [0.15, 0.2) is 53.0 Å². The van der Waals surface area contributed by atoms with Crippen LogP contribution in [0, 0.1) is 10.1 Å². The number of halogens is 1. The predicted molar refractivity (Wildman–Crippen MR) is 81.9 cm³/mol. The molecular weight excluding hydrogens is 308 g/mol. The Kier molecular flexibility index (Phi) is 6.02. The van der Waals surface area contributed by atoms with Gasteiger partial charge in [-0.2, -0.15) is 0 Å². The first kappa shape index (κ1) is 15.2. The van der Waals surface area contributed by atoms with E-state index in [0.717, 1.165) is 10.2 Å². The minimum absolute atomic E-state index is 0.0528. The number of hydrogen-bond acceptors (Lipinski definition) is 3. The fourth-order valence-corrected chi connectivity index (χ4v) is 1.81. The Morgan fingerprint density at radius 1 is 1.11 bits per heavy atom. The lowest BCUT2D eigenvalue weighted by Crippen LogP contribution is -1.96. The molecule has 0 atom stereocenters. The van der Waals surface area contributed by atoms with Crippen molar-refractivity contribution in [1.82, 2.24) is 0 Å². The molecule has 2 aromatic rings. The number of hydrogen-bond donors (Lipinski definition) is 1. The summed E-state index contributed by atoms with van der Waals surface area (Å²) in [5.41, 5.74) is 1.33. The zero-order valence-corrected chi connectivity index (χ0v) is 12.3. The van der Waals surface area contributed by atoms with Gasteiger partial charge in [-0.05, 0) is 24.3 Å². The SMILES string of the molecule is CC.O=[N+]([O-])c1ccc(Br)cc1Nc1ccccc1. The lowest BCUT2D eigenvalue weighted by Gasteiger charge is -2.07. The maximum absolute atomic E-state index is 10.9. The van der Waals surface area contributed by atoms with Gasteiger partial charge in [0.05, 0.1) is 4.92 Å². The van der Waals surface area contributed by atoms with Crippen molar-refractivity contribution in [2.45, 2.75) is 13.8 Å². The second kappa shape index (κ2) is 7.53. The molecule has 1 N–H and O–H groups in total. The first-order valence-corrected chi connectivity index (χ1v) is 6.72. The van der Waals surface area contributed by atoms with Crippen LogP contribution in [-0.4, -0.2) is 4.92 Å². The molecule has 5 heteroatoms. The molecule has 100 valence electrons. The monoisotopic (exact) mass is 322 g/mol. The molecule has 19 heavy (non-hydrogen) atoms. The summed E-state index contributed by atoms with van der Waals surface area (Å²) in [6.07, 6.45) is 0. The molecule has 0 fully saturated rings. The Bertz CT molecular complexity index is 544. The normalized spacial score (nSPS) is 9.21. The van der Waals surface area contributed by atoms with Crippen molar-refractivity contribution in [3.8, 4) is 0 Å². The highest BCUT2D eigenvalue weighted by Gasteiger charge is 2.13. The van der Waals surface area contributed by atoms with E-state index in [1.807, 2.05) is 44.2 Å². The van der Waals surface area contributed by atoms with E-state index in [4.69, 9.17) is 0 Å². The second-order valence-electron chi connectivity index (χ2n) is 3.41. The molecule has 0 bridgehead atoms. The van der Waals surface area contributed by atoms with Crippen LogP contribution in [-0.2, 0) is 0 Å². The zero-order valence-electron chi connectivity index (χ0n) is 10.8. The molecule has 4 nitrogen and oxygen atoms in total. The number of nitrogens with one attached hydrogen (secondary N) is 1. The van der Waals surface area contributed by atoms with Crippen LogP contribution in [0.4, 0.5) is 17.1 Å². The summed E-state index contributed by atoms with van der Waals surface area (Å²) >= 11 is 3.30. The van der Waals surface area contributed by atoms with Gasteiger partial charge in [-0.1, -0.05) is 48.0 Å². The molecule has 0 heterocycles. The van der Waals surface area contributed by atoms with Crippen molar-refractivity contribution in [2.75, 3.05) is 5.32 Å². The predicted octanol–water partition coefficient (Wildman–Crippen LogP) is 5.13. The van der Waals surface area contributed by atoms with E-state index in [1.165, 1.54) is 6.07 Å². The fourth-order valence-electron chi connectivity index (χ4n) is 1.44. The number of rotatable bonds is 3. The molecule has 0 radical (unpaired) electrons. The topological polar surface area (TPSA) is 55.2 Å². The van der Waals surface area contributed by atoms with Crippen molar-refractivity contribution in [3.05, 3.63) is 63.1 Å². The number of benzene rings is 2. The largest absolute Gasteiger partial charge is 0.350 e. The van der Waals surface area contributed by atoms with Gasteiger partial charge in [-0.25, -0.2) is 0 Å². The first-order chi connectivity index (χ1) is 9.16. The van der Waals surface area contributed by atoms with Gasteiger partial charge >= 0.3 is 0 Å². The number of nitrogens with zero attached hydrogens (tertiary/aromatic N) is 1. The van der Waals surface area contributed by atoms with Crippen molar-refractivity contribution >= 4 is 33.0 Å². The van der Waals surface area contributed by atoms with E-state index >= 15 is 0 Å². The van der Waals surface area contributed by atoms with Gasteiger partial charge in [-0.15, -0.1) is 0 Å². The minimum atomic E-state index is -0.405. The van der Waals surface area contributed by atoms with Crippen molar-refractivity contribution < 1.29 is 4.92 Å². The maximum atomic E-state index is 10.9. The number of nitro benzene ring substituents is 1. The van der Waals surface area contributed by atoms with Crippen LogP contribution in [0.1, 0.15) is 13.8 Å². The van der Waals surface area contributed by atoms with Crippen LogP contribution in [0.2, 0.25) is 0 Å². The summed E-state index contributed by atoms with van der Waals surface area (Å²) in [7, 11) is 0. The summed E-state index contributed by atoms with van der Waals surface area (Å²) in [5.74, 6) is 0. The molecule has 0 spiro atoms. The highest BCUT2D eigenvalue weighted by molar-refractivity contribution is 9.10. The van der Waals surface area contributed by atoms with Gasteiger partial charge in [0.1, 0.15) is 5.69 Å². The summed E-state index contributed by atoms with van der Waals surface area (Å²) in [4.78, 5) is 10.5. The van der Waals surface area contributed by atoms with E-state index in [2.05, 4.69) is 21.2 Å². The Morgan fingerprint density at radius 3 is 2.32 bits per heavy atom. The smallest absolute Gasteiger partial charge is 0.292 e. The molecule has 0 aromatic heterocycles. The van der Waals surface area contributed by atoms with Crippen molar-refractivity contribution in [1.29, 1.82) is 0 Å². The molecule has 0 amide bonds. The average Bonchev–Trinajstić information content (AvgIpc) is 2.42. The molecular formula is C14H15BrN2O2. The van der Waals surface area contributed by atoms with E-state index in [0.29, 0.717) is 5.69 Å². The summed E-state index contributed by atoms with van der Waals surface area (Å²) in [6.45, 7) is 4.00. The van der Waals surface area contributed by atoms with Crippen LogP contribution < -0.4 is 5.32 Å². The highest BCUT2D eigenvalue weighted by atomic mass is 79.9. The van der Waals surface area contributed by atoms with Crippen LogP contribution >= 0.6 is 15.9 Å². The van der Waals surface area contributed by atoms with Crippen LogP contribution in [0.5, 0.6) is 0 Å². The van der Waals surface area contributed by atoms with Crippen molar-refractivity contribution in [3.63, 3.8) is 0 Å². The maximum Gasteiger partial charge on any atom is 0.292 e. The molecule has 0 aliphatic rings. The Morgan fingerprint density at radius 2 is 1.74 bits per heavy atom. The van der Waals surface area contributed by atoms with Crippen molar-refractivity contribution in [2.24, 2.45) is 0 Å². The first-order valence-electron chi connectivity index (χ1n) is 5.93. The third-order valence-electron chi connectivity index (χ3n) is 2.21. The number of nitro groups is 1. The number of para-hydroxylation sites is 1. The standard InChI is InChI=1S/C12H9BrN2O2.C2H6/c13-9-6-7-12(15(16)17)11(8-9)14-10-4-2-1-3-5-10;1-2/h1-8,14H;1-2H3. The molecule has 0 aliphatic carbocycles. The number of anilines is 2. The lowest BCUT2D eigenvalue weighted by atomic mass is 10.2. The molecule has 0 saturated carbocycles. The summed E-state index contributed by atoms with van der Waals surface area (Å²) < 4.78 is 0.793. The van der Waals surface area contributed by atoms with Gasteiger partial charge in [-0.3, -0.25) is 10.1 Å². The fraction of sp³-hybridized carbons (Fsp3) is 0.143. The zero-order chi connectivity index (χ0) is 14.3. The van der Waals surface area contributed by atoms with Crippen LogP contribution in [0.3, 0.4) is 0 Å². The van der Waals surface area contributed by atoms with Gasteiger partial charge < -0.3 is 5.32 Å². The van der Waals surface area contributed by atoms with Gasteiger partial charge in [0.15, 0.2) is 0 Å². The lowest BCUT2D eigenvalue weighted by molar-refractivity contribution is -0.383. The summed E-state index contributed by atoms with van der Waals surface area (Å²) in [6, 6.07) is 14.1. The van der Waals surface area contributed by atoms with Gasteiger partial charge in [0, 0.05) is 16.2 Å². The van der Waals surface area contributed by atoms with Crippen LogP contribution in [0.25, 0.3) is 0 Å². The van der Waals surface area contributed by atoms with E-state index in [1.54, 1.807) is 12.1 Å². The van der Waals surface area contributed by atoms with E-state index in [-0.39, 0.29) is 5.69 Å². The minimum Gasteiger partial charge on any atom is -0.350 e. The quantitative estimate of drug-likeness (QED) is 0.629.